The zero-order valence-corrected chi connectivity index (χ0v) is 12.7. The smallest absolute Gasteiger partial charge is 0.165 e. The van der Waals surface area contributed by atoms with Gasteiger partial charge in [-0.1, -0.05) is 19.9 Å². The molecule has 2 N–H and O–H groups in total. The first kappa shape index (κ1) is 14.9. The summed E-state index contributed by atoms with van der Waals surface area (Å²) in [4.78, 5) is 4.45. The lowest BCUT2D eigenvalue weighted by Gasteiger charge is -2.09. The Morgan fingerprint density at radius 2 is 2.10 bits per heavy atom. The van der Waals surface area contributed by atoms with Gasteiger partial charge in [0.05, 0.1) is 10.7 Å². The highest BCUT2D eigenvalue weighted by atomic mass is 32.1. The van der Waals surface area contributed by atoms with Gasteiger partial charge in [-0.3, -0.25) is 0 Å². The van der Waals surface area contributed by atoms with E-state index < -0.39 is 0 Å². The van der Waals surface area contributed by atoms with Crippen molar-refractivity contribution in [2.75, 3.05) is 0 Å². The van der Waals surface area contributed by atoms with Crippen molar-refractivity contribution >= 4 is 11.3 Å². The zero-order chi connectivity index (χ0) is 14.7. The topological polar surface area (TPSA) is 48.1 Å². The van der Waals surface area contributed by atoms with Gasteiger partial charge in [-0.2, -0.15) is 0 Å². The first-order chi connectivity index (χ1) is 9.47. The Morgan fingerprint density at radius 3 is 2.65 bits per heavy atom. The van der Waals surface area contributed by atoms with E-state index >= 15 is 0 Å². The van der Waals surface area contributed by atoms with Gasteiger partial charge < -0.3 is 10.5 Å². The van der Waals surface area contributed by atoms with Gasteiger partial charge in [-0.15, -0.1) is 11.3 Å². The normalized spacial score (nSPS) is 12.7. The van der Waals surface area contributed by atoms with E-state index in [1.165, 1.54) is 6.07 Å². The van der Waals surface area contributed by atoms with Crippen LogP contribution in [0.1, 0.15) is 49.0 Å². The molecule has 0 saturated heterocycles. The maximum absolute atomic E-state index is 13.8. The van der Waals surface area contributed by atoms with Crippen molar-refractivity contribution in [3.05, 3.63) is 45.7 Å². The first-order valence-corrected chi connectivity index (χ1v) is 7.47. The number of benzene rings is 1. The molecule has 2 aromatic rings. The summed E-state index contributed by atoms with van der Waals surface area (Å²) in [5.41, 5.74) is 7.30. The lowest BCUT2D eigenvalue weighted by atomic mass is 10.1. The third-order valence-electron chi connectivity index (χ3n) is 2.92. The number of ether oxygens (including phenoxy) is 1. The number of rotatable bonds is 5. The Bertz CT molecular complexity index is 581. The van der Waals surface area contributed by atoms with Crippen molar-refractivity contribution < 1.29 is 9.13 Å². The van der Waals surface area contributed by atoms with Crippen LogP contribution in [0, 0.1) is 5.82 Å². The summed E-state index contributed by atoms with van der Waals surface area (Å²) in [5, 5.41) is 3.01. The van der Waals surface area contributed by atoms with E-state index in [0.717, 1.165) is 16.3 Å². The van der Waals surface area contributed by atoms with Gasteiger partial charge in [0, 0.05) is 17.3 Å². The second-order valence-electron chi connectivity index (χ2n) is 5.10. The van der Waals surface area contributed by atoms with Crippen molar-refractivity contribution in [2.24, 2.45) is 5.73 Å². The summed E-state index contributed by atoms with van der Waals surface area (Å²) in [6, 6.07) is 4.62. The van der Waals surface area contributed by atoms with Crippen molar-refractivity contribution in [1.29, 1.82) is 0 Å². The molecule has 0 amide bonds. The van der Waals surface area contributed by atoms with Gasteiger partial charge in [0.25, 0.3) is 0 Å². The predicted octanol–water partition coefficient (Wildman–Crippen LogP) is 4.00. The second-order valence-corrected chi connectivity index (χ2v) is 5.99. The van der Waals surface area contributed by atoms with E-state index in [1.54, 1.807) is 23.5 Å². The lowest BCUT2D eigenvalue weighted by Crippen LogP contribution is -2.06. The minimum Gasteiger partial charge on any atom is -0.484 e. The maximum atomic E-state index is 13.8. The number of nitrogens with two attached hydrogens (primary N) is 1. The van der Waals surface area contributed by atoms with Crippen LogP contribution in [-0.4, -0.2) is 4.98 Å². The molecule has 2 rings (SSSR count). The van der Waals surface area contributed by atoms with Crippen LogP contribution in [0.3, 0.4) is 0 Å². The zero-order valence-electron chi connectivity index (χ0n) is 11.9. The van der Waals surface area contributed by atoms with Crippen LogP contribution in [0.15, 0.2) is 23.6 Å². The van der Waals surface area contributed by atoms with Gasteiger partial charge in [0.2, 0.25) is 0 Å². The minimum absolute atomic E-state index is 0.189. The fourth-order valence-electron chi connectivity index (χ4n) is 1.72. The number of aromatic nitrogens is 1. The van der Waals surface area contributed by atoms with E-state index in [2.05, 4.69) is 18.8 Å². The van der Waals surface area contributed by atoms with Crippen LogP contribution < -0.4 is 10.5 Å². The molecule has 0 aliphatic heterocycles. The fraction of sp³-hybridized carbons (Fsp3) is 0.400. The van der Waals surface area contributed by atoms with E-state index in [0.29, 0.717) is 5.92 Å². The molecule has 0 spiro atoms. The average Bonchev–Trinajstić information content (AvgIpc) is 2.86. The molecule has 20 heavy (non-hydrogen) atoms. The molecule has 1 heterocycles. The summed E-state index contributed by atoms with van der Waals surface area (Å²) in [7, 11) is 0. The Morgan fingerprint density at radius 1 is 1.35 bits per heavy atom. The number of thiazole rings is 1. The molecule has 0 unspecified atom stereocenters. The van der Waals surface area contributed by atoms with Gasteiger partial charge >= 0.3 is 0 Å². The first-order valence-electron chi connectivity index (χ1n) is 6.59. The van der Waals surface area contributed by atoms with Gasteiger partial charge in [0.1, 0.15) is 6.61 Å². The Hall–Kier alpha value is -1.46. The van der Waals surface area contributed by atoms with E-state index in [-0.39, 0.29) is 24.2 Å². The Labute approximate surface area is 122 Å². The van der Waals surface area contributed by atoms with Crippen molar-refractivity contribution in [2.45, 2.75) is 39.3 Å². The number of hydrogen-bond acceptors (Lipinski definition) is 4. The highest BCUT2D eigenvalue weighted by Crippen LogP contribution is 2.23. The lowest BCUT2D eigenvalue weighted by molar-refractivity contribution is 0.286. The molecule has 1 aromatic heterocycles. The van der Waals surface area contributed by atoms with Gasteiger partial charge in [-0.05, 0) is 24.6 Å². The molecular weight excluding hydrogens is 275 g/mol. The van der Waals surface area contributed by atoms with Crippen LogP contribution in [-0.2, 0) is 6.61 Å². The van der Waals surface area contributed by atoms with Crippen molar-refractivity contribution in [3.63, 3.8) is 0 Å². The molecule has 5 heteroatoms. The molecule has 0 radical (unpaired) electrons. The molecular formula is C15H19FN2OS. The number of hydrogen-bond donors (Lipinski definition) is 1. The molecule has 108 valence electrons. The van der Waals surface area contributed by atoms with Crippen LogP contribution in [0.5, 0.6) is 5.75 Å². The summed E-state index contributed by atoms with van der Waals surface area (Å²) in [5.74, 6) is 0.239. The SMILES string of the molecule is CC(C)c1nc(COc2ccc([C@H](C)N)cc2F)cs1. The molecule has 0 fully saturated rings. The van der Waals surface area contributed by atoms with E-state index in [1.807, 2.05) is 12.3 Å². The van der Waals surface area contributed by atoms with Crippen LogP contribution in [0.2, 0.25) is 0 Å². The standard InChI is InChI=1S/C15H19FN2OS/c1-9(2)15-18-12(8-20-15)7-19-14-5-4-11(10(3)17)6-13(14)16/h4-6,8-10H,7,17H2,1-3H3/t10-/m0/s1. The minimum atomic E-state index is -0.390. The monoisotopic (exact) mass is 294 g/mol. The third-order valence-corrected chi connectivity index (χ3v) is 4.11. The van der Waals surface area contributed by atoms with Crippen LogP contribution in [0.25, 0.3) is 0 Å². The quantitative estimate of drug-likeness (QED) is 0.906. The molecule has 0 saturated carbocycles. The third kappa shape index (κ3) is 3.55. The van der Waals surface area contributed by atoms with Crippen LogP contribution in [0.4, 0.5) is 4.39 Å². The van der Waals surface area contributed by atoms with Crippen molar-refractivity contribution in [3.8, 4) is 5.75 Å². The molecule has 0 aliphatic carbocycles. The number of halogens is 1. The molecule has 0 aliphatic rings. The fourth-order valence-corrected chi connectivity index (χ4v) is 2.54. The highest BCUT2D eigenvalue weighted by molar-refractivity contribution is 7.09. The maximum Gasteiger partial charge on any atom is 0.165 e. The van der Waals surface area contributed by atoms with Gasteiger partial charge in [-0.25, -0.2) is 9.37 Å². The Balaban J connectivity index is 2.03. The highest BCUT2D eigenvalue weighted by Gasteiger charge is 2.10. The predicted molar refractivity (Wildman–Crippen MR) is 79.5 cm³/mol. The summed E-state index contributed by atoms with van der Waals surface area (Å²) >= 11 is 1.60. The van der Waals surface area contributed by atoms with E-state index in [4.69, 9.17) is 10.5 Å². The van der Waals surface area contributed by atoms with E-state index in [9.17, 15) is 4.39 Å². The van der Waals surface area contributed by atoms with Crippen LogP contribution >= 0.6 is 11.3 Å². The number of nitrogens with zero attached hydrogens (tertiary/aromatic N) is 1. The summed E-state index contributed by atoms with van der Waals surface area (Å²) < 4.78 is 19.3. The average molecular weight is 294 g/mol. The van der Waals surface area contributed by atoms with Gasteiger partial charge in [0.15, 0.2) is 11.6 Å². The Kier molecular flexibility index (Phi) is 4.73. The molecule has 1 aromatic carbocycles. The molecule has 0 bridgehead atoms. The second kappa shape index (κ2) is 6.33. The van der Waals surface area contributed by atoms with Crippen molar-refractivity contribution in [1.82, 2.24) is 4.98 Å². The largest absolute Gasteiger partial charge is 0.484 e. The molecule has 1 atom stereocenters. The summed E-state index contributed by atoms with van der Waals surface area (Å²) in [6.07, 6.45) is 0. The molecule has 3 nitrogen and oxygen atoms in total. The summed E-state index contributed by atoms with van der Waals surface area (Å²) in [6.45, 7) is 6.28.